The molecule has 1 aliphatic heterocycles. The lowest BCUT2D eigenvalue weighted by atomic mass is 9.96. The van der Waals surface area contributed by atoms with Gasteiger partial charge in [0, 0.05) is 19.2 Å². The van der Waals surface area contributed by atoms with Gasteiger partial charge in [-0.15, -0.1) is 11.6 Å². The third kappa shape index (κ3) is 2.96. The molecule has 0 saturated carbocycles. The fraction of sp³-hybridized carbons (Fsp3) is 0.278. The van der Waals surface area contributed by atoms with Crippen molar-refractivity contribution in [2.75, 3.05) is 11.9 Å². The van der Waals surface area contributed by atoms with Crippen LogP contribution in [0.5, 0.6) is 0 Å². The number of aryl methyl sites for hydroxylation is 1. The number of carbonyl (C=O) groups excluding carboxylic acids is 1. The highest BCUT2D eigenvalue weighted by atomic mass is 35.5. The molecule has 1 aliphatic rings. The van der Waals surface area contributed by atoms with Gasteiger partial charge >= 0.3 is 0 Å². The average molecular weight is 300 g/mol. The van der Waals surface area contributed by atoms with E-state index in [0.29, 0.717) is 6.42 Å². The van der Waals surface area contributed by atoms with E-state index in [2.05, 4.69) is 18.2 Å². The first-order valence-corrected chi connectivity index (χ1v) is 7.66. The van der Waals surface area contributed by atoms with Crippen LogP contribution >= 0.6 is 11.6 Å². The number of rotatable bonds is 3. The maximum absolute atomic E-state index is 11.7. The molecule has 21 heavy (non-hydrogen) atoms. The number of anilines is 1. The quantitative estimate of drug-likeness (QED) is 0.781. The molecular formula is C18H18ClNO. The third-order valence-electron chi connectivity index (χ3n) is 4.07. The fourth-order valence-electron chi connectivity index (χ4n) is 2.81. The molecule has 2 aromatic carbocycles. The normalized spacial score (nSPS) is 15.7. The predicted molar refractivity (Wildman–Crippen MR) is 86.9 cm³/mol. The van der Waals surface area contributed by atoms with E-state index in [0.717, 1.165) is 24.1 Å². The molecule has 2 nitrogen and oxygen atoms in total. The number of hydrogen-bond acceptors (Lipinski definition) is 1. The fourth-order valence-corrected chi connectivity index (χ4v) is 3.12. The lowest BCUT2D eigenvalue weighted by Crippen LogP contribution is -2.31. The lowest BCUT2D eigenvalue weighted by molar-refractivity contribution is -0.118. The van der Waals surface area contributed by atoms with Crippen LogP contribution in [0.25, 0.3) is 0 Å². The van der Waals surface area contributed by atoms with Crippen molar-refractivity contribution in [3.05, 3.63) is 65.2 Å². The van der Waals surface area contributed by atoms with E-state index in [1.165, 1.54) is 11.1 Å². The molecule has 2 aromatic rings. The zero-order valence-electron chi connectivity index (χ0n) is 12.1. The van der Waals surface area contributed by atoms with E-state index in [4.69, 9.17) is 11.6 Å². The summed E-state index contributed by atoms with van der Waals surface area (Å²) >= 11 is 6.57. The van der Waals surface area contributed by atoms with Crippen molar-refractivity contribution in [1.82, 2.24) is 0 Å². The van der Waals surface area contributed by atoms with E-state index in [1.54, 1.807) is 4.90 Å². The van der Waals surface area contributed by atoms with Gasteiger partial charge in [0.15, 0.2) is 0 Å². The van der Waals surface area contributed by atoms with Gasteiger partial charge in [0.1, 0.15) is 0 Å². The summed E-state index contributed by atoms with van der Waals surface area (Å²) in [6.07, 6.45) is 2.20. The maximum atomic E-state index is 11.7. The minimum atomic E-state index is -0.0411. The molecule has 1 atom stereocenters. The summed E-state index contributed by atoms with van der Waals surface area (Å²) in [6, 6.07) is 16.5. The Balaban J connectivity index is 1.82. The minimum absolute atomic E-state index is 0.0411. The van der Waals surface area contributed by atoms with E-state index in [1.807, 2.05) is 37.4 Å². The van der Waals surface area contributed by atoms with Crippen molar-refractivity contribution < 1.29 is 4.79 Å². The van der Waals surface area contributed by atoms with Crippen LogP contribution in [-0.4, -0.2) is 13.0 Å². The van der Waals surface area contributed by atoms with Crippen molar-refractivity contribution in [3.8, 4) is 0 Å². The molecule has 0 fully saturated rings. The Hall–Kier alpha value is -1.80. The Morgan fingerprint density at radius 1 is 1.14 bits per heavy atom. The molecule has 0 radical (unpaired) electrons. The lowest BCUT2D eigenvalue weighted by Gasteiger charge is -2.26. The van der Waals surface area contributed by atoms with Gasteiger partial charge in [0.05, 0.1) is 5.38 Å². The van der Waals surface area contributed by atoms with E-state index in [-0.39, 0.29) is 11.3 Å². The van der Waals surface area contributed by atoms with Crippen LogP contribution < -0.4 is 4.90 Å². The van der Waals surface area contributed by atoms with Gasteiger partial charge in [0.2, 0.25) is 5.91 Å². The molecule has 1 heterocycles. The summed E-state index contributed by atoms with van der Waals surface area (Å²) in [5.41, 5.74) is 4.59. The van der Waals surface area contributed by atoms with Crippen LogP contribution in [0.3, 0.4) is 0 Å². The first kappa shape index (κ1) is 14.2. The molecule has 0 N–H and O–H groups in total. The van der Waals surface area contributed by atoms with E-state index >= 15 is 0 Å². The molecule has 0 aliphatic carbocycles. The average Bonchev–Trinajstić information content (AvgIpc) is 2.51. The number of hydrogen-bond donors (Lipinski definition) is 0. The molecule has 3 heteroatoms. The monoisotopic (exact) mass is 299 g/mol. The molecule has 0 aromatic heterocycles. The van der Waals surface area contributed by atoms with Crippen molar-refractivity contribution >= 4 is 23.2 Å². The maximum Gasteiger partial charge on any atom is 0.227 e. The molecule has 108 valence electrons. The molecule has 1 unspecified atom stereocenters. The van der Waals surface area contributed by atoms with Crippen LogP contribution in [0.1, 0.15) is 28.5 Å². The Bertz CT molecular complexity index is 654. The molecular weight excluding hydrogens is 282 g/mol. The number of alkyl halides is 1. The number of amides is 1. The SMILES string of the molecule is CN1C(=O)CCc2cc(C(Cl)Cc3ccccc3)ccc21. The van der Waals surface area contributed by atoms with E-state index < -0.39 is 0 Å². The smallest absolute Gasteiger partial charge is 0.227 e. The van der Waals surface area contributed by atoms with Crippen LogP contribution in [0, 0.1) is 0 Å². The topological polar surface area (TPSA) is 20.3 Å². The van der Waals surface area contributed by atoms with Gasteiger partial charge in [-0.2, -0.15) is 0 Å². The van der Waals surface area contributed by atoms with Gasteiger partial charge < -0.3 is 4.90 Å². The van der Waals surface area contributed by atoms with Crippen molar-refractivity contribution in [2.24, 2.45) is 0 Å². The molecule has 1 amide bonds. The number of benzene rings is 2. The molecule has 0 saturated heterocycles. The van der Waals surface area contributed by atoms with Crippen LogP contribution in [0.15, 0.2) is 48.5 Å². The van der Waals surface area contributed by atoms with Gasteiger partial charge in [0.25, 0.3) is 0 Å². The first-order chi connectivity index (χ1) is 10.1. The number of halogens is 1. The molecule has 0 bridgehead atoms. The molecule has 3 rings (SSSR count). The van der Waals surface area contributed by atoms with Crippen molar-refractivity contribution in [3.63, 3.8) is 0 Å². The van der Waals surface area contributed by atoms with E-state index in [9.17, 15) is 4.79 Å². The predicted octanol–water partition coefficient (Wildman–Crippen LogP) is 4.12. The Labute approximate surface area is 130 Å². The zero-order chi connectivity index (χ0) is 14.8. The number of fused-ring (bicyclic) bond motifs is 1. The standard InChI is InChI=1S/C18H18ClNO/c1-20-17-9-7-14(12-15(17)8-10-18(20)21)16(19)11-13-5-3-2-4-6-13/h2-7,9,12,16H,8,10-11H2,1H3. The van der Waals surface area contributed by atoms with Crippen molar-refractivity contribution in [2.45, 2.75) is 24.6 Å². The van der Waals surface area contributed by atoms with Gasteiger partial charge in [-0.3, -0.25) is 4.79 Å². The van der Waals surface area contributed by atoms with Gasteiger partial charge in [-0.1, -0.05) is 42.5 Å². The summed E-state index contributed by atoms with van der Waals surface area (Å²) in [7, 11) is 1.84. The second-order valence-electron chi connectivity index (χ2n) is 5.50. The Morgan fingerprint density at radius 3 is 2.67 bits per heavy atom. The largest absolute Gasteiger partial charge is 0.315 e. The van der Waals surface area contributed by atoms with Crippen molar-refractivity contribution in [1.29, 1.82) is 0 Å². The highest BCUT2D eigenvalue weighted by Gasteiger charge is 2.21. The number of carbonyl (C=O) groups is 1. The summed E-state index contributed by atoms with van der Waals surface area (Å²) in [6.45, 7) is 0. The molecule has 0 spiro atoms. The Kier molecular flexibility index (Phi) is 3.98. The second kappa shape index (κ2) is 5.90. The van der Waals surface area contributed by atoms with Crippen LogP contribution in [0.2, 0.25) is 0 Å². The minimum Gasteiger partial charge on any atom is -0.315 e. The van der Waals surface area contributed by atoms with Gasteiger partial charge in [-0.05, 0) is 35.6 Å². The van der Waals surface area contributed by atoms with Gasteiger partial charge in [-0.25, -0.2) is 0 Å². The van der Waals surface area contributed by atoms with Crippen LogP contribution in [-0.2, 0) is 17.6 Å². The Morgan fingerprint density at radius 2 is 1.90 bits per heavy atom. The summed E-state index contributed by atoms with van der Waals surface area (Å²) < 4.78 is 0. The third-order valence-corrected chi connectivity index (χ3v) is 4.47. The number of nitrogens with zero attached hydrogens (tertiary/aromatic N) is 1. The highest BCUT2D eigenvalue weighted by Crippen LogP contribution is 2.32. The first-order valence-electron chi connectivity index (χ1n) is 7.22. The zero-order valence-corrected chi connectivity index (χ0v) is 12.8. The second-order valence-corrected chi connectivity index (χ2v) is 6.02. The highest BCUT2D eigenvalue weighted by molar-refractivity contribution is 6.21. The van der Waals surface area contributed by atoms with Crippen LogP contribution in [0.4, 0.5) is 5.69 Å². The summed E-state index contributed by atoms with van der Waals surface area (Å²) in [5.74, 6) is 0.182. The summed E-state index contributed by atoms with van der Waals surface area (Å²) in [4.78, 5) is 13.5. The summed E-state index contributed by atoms with van der Waals surface area (Å²) in [5, 5.41) is -0.0411.